The van der Waals surface area contributed by atoms with Gasteiger partial charge in [0.1, 0.15) is 10.8 Å². The van der Waals surface area contributed by atoms with Crippen molar-refractivity contribution < 1.29 is 17.9 Å². The Kier molecular flexibility index (Phi) is 6.60. The molecule has 0 atom stereocenters. The highest BCUT2D eigenvalue weighted by molar-refractivity contribution is 7.91. The van der Waals surface area contributed by atoms with E-state index in [9.17, 15) is 13.2 Å². The SMILES string of the molecule is CCOc1ccccc1C(=O)Nc1nnc(CCS(=O)(=O)c2ccc(C)cc2)s1. The molecule has 0 spiro atoms. The second kappa shape index (κ2) is 9.15. The summed E-state index contributed by atoms with van der Waals surface area (Å²) in [6.07, 6.45) is 0.222. The monoisotopic (exact) mass is 431 g/mol. The number of nitrogens with one attached hydrogen (secondary N) is 1. The molecular formula is C20H21N3O4S2. The lowest BCUT2D eigenvalue weighted by atomic mass is 10.2. The van der Waals surface area contributed by atoms with Crippen LogP contribution in [0.1, 0.15) is 27.9 Å². The molecule has 0 saturated heterocycles. The van der Waals surface area contributed by atoms with Gasteiger partial charge in [-0.3, -0.25) is 10.1 Å². The standard InChI is InChI=1S/C20H21N3O4S2/c1-3-27-17-7-5-4-6-16(17)19(24)21-20-23-22-18(28-20)12-13-29(25,26)15-10-8-14(2)9-11-15/h4-11H,3,12-13H2,1-2H3,(H,21,23,24). The summed E-state index contributed by atoms with van der Waals surface area (Å²) in [5, 5.41) is 11.5. The van der Waals surface area contributed by atoms with Gasteiger partial charge < -0.3 is 4.74 Å². The highest BCUT2D eigenvalue weighted by Gasteiger charge is 2.18. The summed E-state index contributed by atoms with van der Waals surface area (Å²) < 4.78 is 30.4. The number of anilines is 1. The third kappa shape index (κ3) is 5.39. The van der Waals surface area contributed by atoms with Crippen LogP contribution in [0, 0.1) is 6.92 Å². The Bertz CT molecular complexity index is 1090. The molecule has 3 rings (SSSR count). The molecule has 152 valence electrons. The maximum atomic E-state index is 12.5. The number of aryl methyl sites for hydroxylation is 2. The van der Waals surface area contributed by atoms with Gasteiger partial charge in [-0.1, -0.05) is 41.2 Å². The van der Waals surface area contributed by atoms with Gasteiger partial charge in [-0.05, 0) is 38.1 Å². The second-order valence-electron chi connectivity index (χ2n) is 6.27. The smallest absolute Gasteiger partial charge is 0.261 e. The van der Waals surface area contributed by atoms with Crippen molar-refractivity contribution in [2.45, 2.75) is 25.2 Å². The normalized spacial score (nSPS) is 11.2. The van der Waals surface area contributed by atoms with Crippen LogP contribution < -0.4 is 10.1 Å². The maximum Gasteiger partial charge on any atom is 0.261 e. The first-order chi connectivity index (χ1) is 13.9. The van der Waals surface area contributed by atoms with Crippen LogP contribution in [0.25, 0.3) is 0 Å². The van der Waals surface area contributed by atoms with Crippen LogP contribution in [0.5, 0.6) is 5.75 Å². The Labute approximate surface area is 173 Å². The van der Waals surface area contributed by atoms with Crippen LogP contribution in [0.2, 0.25) is 0 Å². The van der Waals surface area contributed by atoms with E-state index < -0.39 is 9.84 Å². The summed E-state index contributed by atoms with van der Waals surface area (Å²) in [5.41, 5.74) is 1.40. The molecule has 0 unspecified atom stereocenters. The zero-order chi connectivity index (χ0) is 20.9. The molecule has 0 fully saturated rings. The summed E-state index contributed by atoms with van der Waals surface area (Å²) in [4.78, 5) is 12.8. The number of ether oxygens (including phenoxy) is 1. The molecule has 0 bridgehead atoms. The van der Waals surface area contributed by atoms with Gasteiger partial charge in [0.15, 0.2) is 9.84 Å². The van der Waals surface area contributed by atoms with E-state index >= 15 is 0 Å². The van der Waals surface area contributed by atoms with Crippen molar-refractivity contribution in [2.24, 2.45) is 0 Å². The minimum atomic E-state index is -3.41. The van der Waals surface area contributed by atoms with E-state index in [1.165, 1.54) is 0 Å². The number of carbonyl (C=O) groups excluding carboxylic acids is 1. The predicted molar refractivity (Wildman–Crippen MR) is 112 cm³/mol. The maximum absolute atomic E-state index is 12.5. The lowest BCUT2D eigenvalue weighted by molar-refractivity contribution is 0.102. The van der Waals surface area contributed by atoms with Crippen molar-refractivity contribution >= 4 is 32.2 Å². The van der Waals surface area contributed by atoms with Crippen molar-refractivity contribution in [3.8, 4) is 5.75 Å². The number of hydrogen-bond donors (Lipinski definition) is 1. The van der Waals surface area contributed by atoms with Crippen LogP contribution in [-0.2, 0) is 16.3 Å². The average molecular weight is 432 g/mol. The number of hydrogen-bond acceptors (Lipinski definition) is 7. The van der Waals surface area contributed by atoms with Gasteiger partial charge in [0.25, 0.3) is 5.91 Å². The first-order valence-electron chi connectivity index (χ1n) is 9.04. The molecule has 3 aromatic rings. The molecule has 1 aromatic heterocycles. The molecule has 1 heterocycles. The van der Waals surface area contributed by atoms with Crippen LogP contribution in [0.4, 0.5) is 5.13 Å². The van der Waals surface area contributed by atoms with E-state index in [0.717, 1.165) is 16.9 Å². The molecule has 0 aliphatic carbocycles. The van der Waals surface area contributed by atoms with E-state index in [2.05, 4.69) is 15.5 Å². The molecule has 29 heavy (non-hydrogen) atoms. The van der Waals surface area contributed by atoms with E-state index in [1.807, 2.05) is 13.8 Å². The number of aromatic nitrogens is 2. The van der Waals surface area contributed by atoms with E-state index in [4.69, 9.17) is 4.74 Å². The van der Waals surface area contributed by atoms with Crippen molar-refractivity contribution in [1.29, 1.82) is 0 Å². The number of carbonyl (C=O) groups is 1. The van der Waals surface area contributed by atoms with Crippen molar-refractivity contribution in [1.82, 2.24) is 10.2 Å². The molecule has 9 heteroatoms. The lowest BCUT2D eigenvalue weighted by Gasteiger charge is -2.08. The van der Waals surface area contributed by atoms with Gasteiger partial charge in [0.2, 0.25) is 5.13 Å². The van der Waals surface area contributed by atoms with Crippen LogP contribution in [0.15, 0.2) is 53.4 Å². The van der Waals surface area contributed by atoms with Crippen molar-refractivity contribution in [3.05, 3.63) is 64.7 Å². The topological polar surface area (TPSA) is 98.2 Å². The molecule has 0 aliphatic rings. The average Bonchev–Trinajstić information content (AvgIpc) is 3.15. The Hall–Kier alpha value is -2.78. The van der Waals surface area contributed by atoms with E-state index in [-0.39, 0.29) is 23.0 Å². The number of amides is 1. The fourth-order valence-corrected chi connectivity index (χ4v) is 4.70. The minimum Gasteiger partial charge on any atom is -0.493 e. The summed E-state index contributed by atoms with van der Waals surface area (Å²) in [6, 6.07) is 13.7. The van der Waals surface area contributed by atoms with E-state index in [0.29, 0.717) is 28.1 Å². The number of para-hydroxylation sites is 1. The lowest BCUT2D eigenvalue weighted by Crippen LogP contribution is -2.13. The quantitative estimate of drug-likeness (QED) is 0.586. The summed E-state index contributed by atoms with van der Waals surface area (Å²) in [6.45, 7) is 4.19. The Morgan fingerprint density at radius 3 is 2.55 bits per heavy atom. The summed E-state index contributed by atoms with van der Waals surface area (Å²) >= 11 is 1.15. The highest BCUT2D eigenvalue weighted by atomic mass is 32.2. The minimum absolute atomic E-state index is 0.0776. The molecule has 1 N–H and O–H groups in total. The predicted octanol–water partition coefficient (Wildman–Crippen LogP) is 3.51. The zero-order valence-corrected chi connectivity index (χ0v) is 17.7. The second-order valence-corrected chi connectivity index (χ2v) is 9.44. The molecule has 0 aliphatic heterocycles. The molecule has 7 nitrogen and oxygen atoms in total. The van der Waals surface area contributed by atoms with Gasteiger partial charge in [-0.25, -0.2) is 8.42 Å². The fourth-order valence-electron chi connectivity index (χ4n) is 2.59. The first-order valence-corrected chi connectivity index (χ1v) is 11.5. The highest BCUT2D eigenvalue weighted by Crippen LogP contribution is 2.22. The van der Waals surface area contributed by atoms with Crippen LogP contribution in [0.3, 0.4) is 0 Å². The molecular weight excluding hydrogens is 410 g/mol. The number of nitrogens with zero attached hydrogens (tertiary/aromatic N) is 2. The third-order valence-corrected chi connectivity index (χ3v) is 6.71. The summed E-state index contributed by atoms with van der Waals surface area (Å²) in [7, 11) is -3.41. The number of sulfone groups is 1. The molecule has 0 radical (unpaired) electrons. The van der Waals surface area contributed by atoms with Crippen molar-refractivity contribution in [3.63, 3.8) is 0 Å². The van der Waals surface area contributed by atoms with Gasteiger partial charge in [0, 0.05) is 6.42 Å². The van der Waals surface area contributed by atoms with Crippen LogP contribution >= 0.6 is 11.3 Å². The largest absolute Gasteiger partial charge is 0.493 e. The van der Waals surface area contributed by atoms with Gasteiger partial charge in [0.05, 0.1) is 22.8 Å². The fraction of sp³-hybridized carbons (Fsp3) is 0.250. The Morgan fingerprint density at radius 1 is 1.10 bits per heavy atom. The van der Waals surface area contributed by atoms with Gasteiger partial charge in [-0.2, -0.15) is 0 Å². The van der Waals surface area contributed by atoms with E-state index in [1.54, 1.807) is 48.5 Å². The summed E-state index contributed by atoms with van der Waals surface area (Å²) in [5.74, 6) is 0.0525. The number of rotatable bonds is 8. The van der Waals surface area contributed by atoms with Gasteiger partial charge in [-0.15, -0.1) is 10.2 Å². The third-order valence-electron chi connectivity index (χ3n) is 4.08. The number of benzene rings is 2. The zero-order valence-electron chi connectivity index (χ0n) is 16.1. The molecule has 2 aromatic carbocycles. The van der Waals surface area contributed by atoms with Crippen molar-refractivity contribution in [2.75, 3.05) is 17.7 Å². The van der Waals surface area contributed by atoms with Gasteiger partial charge >= 0.3 is 0 Å². The first kappa shape index (κ1) is 20.9. The Balaban J connectivity index is 1.64. The molecule has 0 saturated carbocycles. The Morgan fingerprint density at radius 2 is 1.83 bits per heavy atom. The van der Waals surface area contributed by atoms with Crippen LogP contribution in [-0.4, -0.2) is 36.9 Å². The molecule has 1 amide bonds.